The van der Waals surface area contributed by atoms with Crippen LogP contribution in [0.25, 0.3) is 0 Å². The monoisotopic (exact) mass is 440 g/mol. The number of aryl methyl sites for hydroxylation is 2. The molecule has 1 aliphatic rings. The van der Waals surface area contributed by atoms with Crippen molar-refractivity contribution in [2.75, 3.05) is 24.7 Å². The maximum atomic E-state index is 12.7. The van der Waals surface area contributed by atoms with Crippen LogP contribution in [0, 0.1) is 19.8 Å². The molecule has 1 unspecified atom stereocenters. The van der Waals surface area contributed by atoms with Crippen molar-refractivity contribution in [3.8, 4) is 0 Å². The van der Waals surface area contributed by atoms with Gasteiger partial charge in [-0.3, -0.25) is 14.4 Å². The SMILES string of the molecule is CCOC(=O)c1[nH]c(C)c(C(=O)COC(=O)C2CC(=O)N(c3ccccc3CC)C2)c1C. The number of aromatic nitrogens is 1. The third kappa shape index (κ3) is 4.59. The lowest BCUT2D eigenvalue weighted by atomic mass is 10.1. The van der Waals surface area contributed by atoms with Crippen molar-refractivity contribution < 1.29 is 28.7 Å². The molecule has 1 aromatic heterocycles. The van der Waals surface area contributed by atoms with Crippen molar-refractivity contribution in [1.29, 1.82) is 0 Å². The highest BCUT2D eigenvalue weighted by Gasteiger charge is 2.37. The van der Waals surface area contributed by atoms with Crippen LogP contribution in [-0.4, -0.2) is 48.4 Å². The summed E-state index contributed by atoms with van der Waals surface area (Å²) in [6.07, 6.45) is 0.813. The predicted octanol–water partition coefficient (Wildman–Crippen LogP) is 3.15. The number of nitrogens with one attached hydrogen (secondary N) is 1. The standard InChI is InChI=1S/C24H28N2O6/c1-5-16-9-7-8-10-18(16)26-12-17(11-20(26)28)23(29)32-13-19(27)21-14(3)22(25-15(21)4)24(30)31-6-2/h7-10,17,25H,5-6,11-13H2,1-4H3. The zero-order valence-electron chi connectivity index (χ0n) is 18.8. The Labute approximate surface area is 186 Å². The van der Waals surface area contributed by atoms with E-state index in [1.54, 1.807) is 25.7 Å². The van der Waals surface area contributed by atoms with E-state index in [0.29, 0.717) is 16.8 Å². The van der Waals surface area contributed by atoms with Gasteiger partial charge >= 0.3 is 11.9 Å². The van der Waals surface area contributed by atoms with E-state index >= 15 is 0 Å². The van der Waals surface area contributed by atoms with E-state index in [4.69, 9.17) is 9.47 Å². The summed E-state index contributed by atoms with van der Waals surface area (Å²) in [4.78, 5) is 54.3. The average molecular weight is 440 g/mol. The van der Waals surface area contributed by atoms with Crippen LogP contribution >= 0.6 is 0 Å². The molecular formula is C24H28N2O6. The van der Waals surface area contributed by atoms with Crippen molar-refractivity contribution in [3.05, 3.63) is 52.3 Å². The van der Waals surface area contributed by atoms with Crippen molar-refractivity contribution in [2.45, 2.75) is 40.5 Å². The lowest BCUT2D eigenvalue weighted by Crippen LogP contribution is -2.28. The van der Waals surface area contributed by atoms with Crippen LogP contribution in [0.1, 0.15) is 57.9 Å². The highest BCUT2D eigenvalue weighted by Crippen LogP contribution is 2.29. The van der Waals surface area contributed by atoms with Crippen LogP contribution in [0.3, 0.4) is 0 Å². The Morgan fingerprint density at radius 3 is 2.53 bits per heavy atom. The molecule has 8 heteroatoms. The Morgan fingerprint density at radius 1 is 1.12 bits per heavy atom. The van der Waals surface area contributed by atoms with Crippen LogP contribution in [0.2, 0.25) is 0 Å². The zero-order valence-corrected chi connectivity index (χ0v) is 18.8. The van der Waals surface area contributed by atoms with Gasteiger partial charge in [0, 0.05) is 29.9 Å². The number of H-pyrrole nitrogens is 1. The number of aromatic amines is 1. The summed E-state index contributed by atoms with van der Waals surface area (Å²) in [5.74, 6) is -2.32. The maximum Gasteiger partial charge on any atom is 0.355 e. The van der Waals surface area contributed by atoms with Gasteiger partial charge in [-0.2, -0.15) is 0 Å². The molecule has 1 N–H and O–H groups in total. The minimum atomic E-state index is -0.635. The normalized spacial score (nSPS) is 15.7. The summed E-state index contributed by atoms with van der Waals surface area (Å²) in [6.45, 7) is 7.00. The number of ether oxygens (including phenoxy) is 2. The Kier molecular flexibility index (Phi) is 7.12. The minimum Gasteiger partial charge on any atom is -0.461 e. The van der Waals surface area contributed by atoms with E-state index in [9.17, 15) is 19.2 Å². The minimum absolute atomic E-state index is 0.0420. The van der Waals surface area contributed by atoms with E-state index in [0.717, 1.165) is 17.7 Å². The Morgan fingerprint density at radius 2 is 1.84 bits per heavy atom. The number of anilines is 1. The first-order valence-electron chi connectivity index (χ1n) is 10.7. The Balaban J connectivity index is 1.65. The van der Waals surface area contributed by atoms with Crippen LogP contribution in [0.5, 0.6) is 0 Å². The second-order valence-electron chi connectivity index (χ2n) is 7.76. The van der Waals surface area contributed by atoms with E-state index < -0.39 is 30.2 Å². The summed E-state index contributed by atoms with van der Waals surface area (Å²) in [7, 11) is 0. The number of esters is 2. The predicted molar refractivity (Wildman–Crippen MR) is 118 cm³/mol. The summed E-state index contributed by atoms with van der Waals surface area (Å²) >= 11 is 0. The number of carbonyl (C=O) groups is 4. The maximum absolute atomic E-state index is 12.7. The fourth-order valence-corrected chi connectivity index (χ4v) is 4.07. The van der Waals surface area contributed by atoms with Gasteiger partial charge in [-0.05, 0) is 44.4 Å². The molecule has 170 valence electrons. The number of nitrogens with zero attached hydrogens (tertiary/aromatic N) is 1. The van der Waals surface area contributed by atoms with Crippen LogP contribution in [-0.2, 0) is 25.5 Å². The molecule has 2 aromatic rings. The van der Waals surface area contributed by atoms with Gasteiger partial charge in [-0.1, -0.05) is 25.1 Å². The third-order valence-electron chi connectivity index (χ3n) is 5.66. The van der Waals surface area contributed by atoms with Crippen molar-refractivity contribution in [3.63, 3.8) is 0 Å². The van der Waals surface area contributed by atoms with E-state index in [1.807, 2.05) is 31.2 Å². The van der Waals surface area contributed by atoms with Crippen molar-refractivity contribution in [2.24, 2.45) is 5.92 Å². The Bertz CT molecular complexity index is 1050. The molecular weight excluding hydrogens is 412 g/mol. The largest absolute Gasteiger partial charge is 0.461 e. The van der Waals surface area contributed by atoms with Crippen LogP contribution in [0.15, 0.2) is 24.3 Å². The average Bonchev–Trinajstić information content (AvgIpc) is 3.31. The van der Waals surface area contributed by atoms with Gasteiger partial charge in [0.25, 0.3) is 0 Å². The first kappa shape index (κ1) is 23.2. The molecule has 0 bridgehead atoms. The fraction of sp³-hybridized carbons (Fsp3) is 0.417. The first-order valence-corrected chi connectivity index (χ1v) is 10.7. The summed E-state index contributed by atoms with van der Waals surface area (Å²) < 4.78 is 10.3. The van der Waals surface area contributed by atoms with Gasteiger partial charge in [0.2, 0.25) is 11.7 Å². The van der Waals surface area contributed by atoms with Crippen molar-refractivity contribution >= 4 is 29.3 Å². The summed E-state index contributed by atoms with van der Waals surface area (Å²) in [5, 5.41) is 0. The molecule has 3 rings (SSSR count). The third-order valence-corrected chi connectivity index (χ3v) is 5.66. The number of hydrogen-bond donors (Lipinski definition) is 1. The van der Waals surface area contributed by atoms with Gasteiger partial charge in [0.1, 0.15) is 5.69 Å². The molecule has 1 saturated heterocycles. The highest BCUT2D eigenvalue weighted by atomic mass is 16.5. The number of hydrogen-bond acceptors (Lipinski definition) is 6. The lowest BCUT2D eigenvalue weighted by Gasteiger charge is -2.19. The van der Waals surface area contributed by atoms with Gasteiger partial charge in [-0.15, -0.1) is 0 Å². The number of para-hydroxylation sites is 1. The van der Waals surface area contributed by atoms with Crippen molar-refractivity contribution in [1.82, 2.24) is 4.98 Å². The van der Waals surface area contributed by atoms with Crippen LogP contribution < -0.4 is 4.90 Å². The van der Waals surface area contributed by atoms with E-state index in [2.05, 4.69) is 4.98 Å². The topological polar surface area (TPSA) is 106 Å². The lowest BCUT2D eigenvalue weighted by molar-refractivity contribution is -0.147. The molecule has 1 fully saturated rings. The zero-order chi connectivity index (χ0) is 23.4. The highest BCUT2D eigenvalue weighted by molar-refractivity contribution is 6.04. The molecule has 8 nitrogen and oxygen atoms in total. The second-order valence-corrected chi connectivity index (χ2v) is 7.76. The van der Waals surface area contributed by atoms with Crippen LogP contribution in [0.4, 0.5) is 5.69 Å². The molecule has 1 aromatic carbocycles. The van der Waals surface area contributed by atoms with Gasteiger partial charge in [-0.25, -0.2) is 4.79 Å². The first-order chi connectivity index (χ1) is 15.3. The Hall–Kier alpha value is -3.42. The van der Waals surface area contributed by atoms with E-state index in [1.165, 1.54) is 0 Å². The number of amides is 1. The molecule has 2 heterocycles. The summed E-state index contributed by atoms with van der Waals surface area (Å²) in [5.41, 5.74) is 3.31. The van der Waals surface area contributed by atoms with Gasteiger partial charge in [0.15, 0.2) is 6.61 Å². The molecule has 1 aliphatic heterocycles. The molecule has 0 radical (unpaired) electrons. The smallest absolute Gasteiger partial charge is 0.355 e. The molecule has 0 aliphatic carbocycles. The molecule has 1 atom stereocenters. The summed E-state index contributed by atoms with van der Waals surface area (Å²) in [6, 6.07) is 7.60. The number of Topliss-reactive ketones (excluding diaryl/α,β-unsaturated/α-hetero) is 1. The molecule has 32 heavy (non-hydrogen) atoms. The van der Waals surface area contributed by atoms with Gasteiger partial charge < -0.3 is 19.4 Å². The molecule has 0 saturated carbocycles. The second kappa shape index (κ2) is 9.80. The number of carbonyl (C=O) groups excluding carboxylic acids is 4. The van der Waals surface area contributed by atoms with E-state index in [-0.39, 0.29) is 31.2 Å². The van der Waals surface area contributed by atoms with Gasteiger partial charge in [0.05, 0.1) is 12.5 Å². The number of ketones is 1. The molecule has 0 spiro atoms. The number of benzene rings is 1. The fourth-order valence-electron chi connectivity index (χ4n) is 4.07. The number of rotatable bonds is 8. The molecule has 1 amide bonds. The quantitative estimate of drug-likeness (QED) is 0.499.